The highest BCUT2D eigenvalue weighted by Crippen LogP contribution is 2.45. The summed E-state index contributed by atoms with van der Waals surface area (Å²) in [6, 6.07) is 4.94. The summed E-state index contributed by atoms with van der Waals surface area (Å²) in [5, 5.41) is 2.49. The zero-order valence-corrected chi connectivity index (χ0v) is 15.8. The zero-order chi connectivity index (χ0) is 19.3. The molecular formula is C17H19Cl2FN4O3. The molecule has 7 nitrogen and oxygen atoms in total. The number of amides is 2. The fraction of sp³-hybridized carbons (Fsp3) is 0.529. The van der Waals surface area contributed by atoms with Gasteiger partial charge < -0.3 is 20.7 Å². The Hall–Kier alpha value is -1.77. The summed E-state index contributed by atoms with van der Waals surface area (Å²) in [7, 11) is 0. The lowest BCUT2D eigenvalue weighted by Gasteiger charge is -2.23. The van der Waals surface area contributed by atoms with Crippen LogP contribution in [-0.4, -0.2) is 55.2 Å². The monoisotopic (exact) mass is 416 g/mol. The van der Waals surface area contributed by atoms with Gasteiger partial charge in [-0.2, -0.15) is 0 Å². The van der Waals surface area contributed by atoms with Crippen molar-refractivity contribution in [3.63, 3.8) is 0 Å². The summed E-state index contributed by atoms with van der Waals surface area (Å²) in [5.74, 6) is -0.0472. The second-order valence-electron chi connectivity index (χ2n) is 7.11. The smallest absolute Gasteiger partial charge is 0.414 e. The lowest BCUT2D eigenvalue weighted by atomic mass is 10.2. The molecule has 0 bridgehead atoms. The summed E-state index contributed by atoms with van der Waals surface area (Å²) in [6.45, 7) is 1.79. The van der Waals surface area contributed by atoms with Gasteiger partial charge in [0.1, 0.15) is 11.9 Å². The number of hydrogen-bond donors (Lipinski definition) is 2. The number of fused-ring (bicyclic) bond motifs is 1. The summed E-state index contributed by atoms with van der Waals surface area (Å²) in [6.07, 6.45) is -1.16. The first kappa shape index (κ1) is 18.6. The molecule has 1 aromatic carbocycles. The number of nitrogens with one attached hydrogen (secondary N) is 1. The lowest BCUT2D eigenvalue weighted by molar-refractivity contribution is -0.119. The Bertz CT molecular complexity index is 769. The minimum Gasteiger partial charge on any atom is -0.442 e. The molecule has 3 fully saturated rings. The minimum absolute atomic E-state index is 0.0778. The Kier molecular flexibility index (Phi) is 4.82. The van der Waals surface area contributed by atoms with Crippen molar-refractivity contribution >= 4 is 46.6 Å². The zero-order valence-electron chi connectivity index (χ0n) is 14.3. The summed E-state index contributed by atoms with van der Waals surface area (Å²) in [5.41, 5.74) is 6.85. The van der Waals surface area contributed by atoms with Crippen LogP contribution in [0, 0.1) is 17.7 Å². The molecule has 0 aromatic heterocycles. The van der Waals surface area contributed by atoms with Gasteiger partial charge in [-0.15, -0.1) is 0 Å². The van der Waals surface area contributed by atoms with Crippen LogP contribution >= 0.6 is 23.2 Å². The Morgan fingerprint density at radius 3 is 2.67 bits per heavy atom. The summed E-state index contributed by atoms with van der Waals surface area (Å²) >= 11 is 10.9. The second kappa shape index (κ2) is 7.00. The Morgan fingerprint density at radius 2 is 2.04 bits per heavy atom. The number of rotatable bonds is 5. The van der Waals surface area contributed by atoms with Crippen LogP contribution in [-0.2, 0) is 9.53 Å². The highest BCUT2D eigenvalue weighted by Gasteiger charge is 2.53. The summed E-state index contributed by atoms with van der Waals surface area (Å²) < 4.78 is 19.8. The molecule has 27 heavy (non-hydrogen) atoms. The number of nitrogens with two attached hydrogens (primary N) is 1. The third-order valence-electron chi connectivity index (χ3n) is 5.42. The number of nitrogens with zero attached hydrogens (tertiary/aromatic N) is 2. The molecule has 1 saturated carbocycles. The van der Waals surface area contributed by atoms with E-state index in [1.54, 1.807) is 12.1 Å². The maximum Gasteiger partial charge on any atom is 0.414 e. The van der Waals surface area contributed by atoms with Crippen molar-refractivity contribution in [1.82, 2.24) is 5.32 Å². The molecule has 10 heteroatoms. The molecule has 0 spiro atoms. The van der Waals surface area contributed by atoms with E-state index in [1.165, 1.54) is 11.0 Å². The van der Waals surface area contributed by atoms with Crippen molar-refractivity contribution in [1.29, 1.82) is 0 Å². The van der Waals surface area contributed by atoms with E-state index in [0.717, 1.165) is 13.1 Å². The van der Waals surface area contributed by atoms with Gasteiger partial charge in [-0.1, -0.05) is 23.2 Å². The van der Waals surface area contributed by atoms with E-state index in [2.05, 4.69) is 5.32 Å². The van der Waals surface area contributed by atoms with Gasteiger partial charge in [0.05, 0.1) is 24.5 Å². The molecule has 0 radical (unpaired) electrons. The van der Waals surface area contributed by atoms with Gasteiger partial charge in [-0.3, -0.25) is 9.69 Å². The molecule has 3 unspecified atom stereocenters. The molecule has 146 valence electrons. The number of cyclic esters (lactones) is 1. The van der Waals surface area contributed by atoms with E-state index in [1.807, 2.05) is 4.90 Å². The molecule has 2 saturated heterocycles. The van der Waals surface area contributed by atoms with Crippen molar-refractivity contribution in [3.8, 4) is 0 Å². The van der Waals surface area contributed by atoms with Crippen LogP contribution in [0.3, 0.4) is 0 Å². The fourth-order valence-corrected chi connectivity index (χ4v) is 3.97. The van der Waals surface area contributed by atoms with Crippen LogP contribution in [0.4, 0.5) is 20.6 Å². The Labute approximate surface area is 165 Å². The van der Waals surface area contributed by atoms with E-state index in [9.17, 15) is 14.0 Å². The molecule has 3 aliphatic rings. The topological polar surface area (TPSA) is 87.9 Å². The standard InChI is InChI=1S/C17H19Cl2FN4O3/c18-15(19)16(25)22-4-9-5-24(17(26)27-9)8-1-2-13(12(20)3-8)23-6-10-11(7-23)14(10)21/h1-3,9-11,14-15H,4-7,21H2,(H,22,25). The van der Waals surface area contributed by atoms with Crippen LogP contribution in [0.5, 0.6) is 0 Å². The molecule has 2 amide bonds. The lowest BCUT2D eigenvalue weighted by Crippen LogP contribution is -2.37. The van der Waals surface area contributed by atoms with Crippen molar-refractivity contribution in [2.24, 2.45) is 17.6 Å². The molecular weight excluding hydrogens is 398 g/mol. The largest absolute Gasteiger partial charge is 0.442 e. The van der Waals surface area contributed by atoms with Crippen molar-refractivity contribution in [3.05, 3.63) is 24.0 Å². The average Bonchev–Trinajstić information content (AvgIpc) is 3.00. The van der Waals surface area contributed by atoms with Crippen LogP contribution in [0.15, 0.2) is 18.2 Å². The second-order valence-corrected chi connectivity index (χ2v) is 8.20. The third-order valence-corrected chi connectivity index (χ3v) is 5.82. The molecule has 2 aliphatic heterocycles. The molecule has 4 rings (SSSR count). The minimum atomic E-state index is -1.19. The van der Waals surface area contributed by atoms with Crippen LogP contribution < -0.4 is 20.9 Å². The quantitative estimate of drug-likeness (QED) is 0.709. The number of halogens is 3. The fourth-order valence-electron chi connectivity index (χ4n) is 3.82. The maximum absolute atomic E-state index is 14.6. The van der Waals surface area contributed by atoms with Crippen LogP contribution in [0.1, 0.15) is 0 Å². The van der Waals surface area contributed by atoms with Crippen molar-refractivity contribution < 1.29 is 18.7 Å². The third kappa shape index (κ3) is 3.53. The Balaban J connectivity index is 1.39. The number of carbonyl (C=O) groups excluding carboxylic acids is 2. The van der Waals surface area contributed by atoms with E-state index < -0.39 is 22.9 Å². The van der Waals surface area contributed by atoms with Crippen molar-refractivity contribution in [2.45, 2.75) is 17.0 Å². The van der Waals surface area contributed by atoms with Gasteiger partial charge in [-0.25, -0.2) is 9.18 Å². The van der Waals surface area contributed by atoms with Crippen LogP contribution in [0.25, 0.3) is 0 Å². The first-order valence-corrected chi connectivity index (χ1v) is 9.56. The predicted molar refractivity (Wildman–Crippen MR) is 99.7 cm³/mol. The van der Waals surface area contributed by atoms with Gasteiger partial charge >= 0.3 is 6.09 Å². The van der Waals surface area contributed by atoms with Crippen LogP contribution in [0.2, 0.25) is 0 Å². The van der Waals surface area contributed by atoms with Gasteiger partial charge in [0.25, 0.3) is 5.91 Å². The predicted octanol–water partition coefficient (Wildman–Crippen LogP) is 1.46. The molecule has 3 N–H and O–H groups in total. The van der Waals surface area contributed by atoms with E-state index in [0.29, 0.717) is 23.2 Å². The highest BCUT2D eigenvalue weighted by atomic mass is 35.5. The number of alkyl halides is 2. The molecule has 1 aliphatic carbocycles. The number of hydrogen-bond acceptors (Lipinski definition) is 5. The SMILES string of the molecule is NC1C2CN(c3ccc(N4CC(CNC(=O)C(Cl)Cl)OC4=O)cc3F)CC12. The number of anilines is 2. The number of ether oxygens (including phenoxy) is 1. The molecule has 2 heterocycles. The molecule has 1 aromatic rings. The van der Waals surface area contributed by atoms with E-state index in [4.69, 9.17) is 33.7 Å². The number of piperidine rings is 1. The van der Waals surface area contributed by atoms with Gasteiger partial charge in [0, 0.05) is 19.1 Å². The summed E-state index contributed by atoms with van der Waals surface area (Å²) in [4.78, 5) is 25.6. The van der Waals surface area contributed by atoms with Gasteiger partial charge in [0.2, 0.25) is 0 Å². The first-order chi connectivity index (χ1) is 12.8. The van der Waals surface area contributed by atoms with Gasteiger partial charge in [0.15, 0.2) is 4.84 Å². The number of carbonyl (C=O) groups is 2. The highest BCUT2D eigenvalue weighted by molar-refractivity contribution is 6.53. The normalized spacial score (nSPS) is 29.1. The van der Waals surface area contributed by atoms with Crippen molar-refractivity contribution in [2.75, 3.05) is 36.0 Å². The van der Waals surface area contributed by atoms with E-state index in [-0.39, 0.29) is 24.9 Å². The van der Waals surface area contributed by atoms with E-state index >= 15 is 0 Å². The molecule has 3 atom stereocenters. The average molecular weight is 417 g/mol. The van der Waals surface area contributed by atoms with Gasteiger partial charge in [-0.05, 0) is 30.0 Å². The maximum atomic E-state index is 14.6. The number of benzene rings is 1. The first-order valence-electron chi connectivity index (χ1n) is 8.69. The Morgan fingerprint density at radius 1 is 1.33 bits per heavy atom.